The Morgan fingerprint density at radius 2 is 1.92 bits per heavy atom. The summed E-state index contributed by atoms with van der Waals surface area (Å²) in [7, 11) is 0. The second-order valence-corrected chi connectivity index (χ2v) is 6.28. The Kier molecular flexibility index (Phi) is 4.09. The lowest BCUT2D eigenvalue weighted by atomic mass is 10.2. The van der Waals surface area contributed by atoms with E-state index in [9.17, 15) is 0 Å². The van der Waals surface area contributed by atoms with Crippen molar-refractivity contribution in [3.05, 3.63) is 58.9 Å². The summed E-state index contributed by atoms with van der Waals surface area (Å²) in [6.07, 6.45) is -0.165. The molecule has 0 bridgehead atoms. The van der Waals surface area contributed by atoms with Crippen LogP contribution < -0.4 is 14.2 Å². The Bertz CT molecular complexity index is 829. The fourth-order valence-electron chi connectivity index (χ4n) is 2.60. The topological polar surface area (TPSA) is 40.6 Å². The smallest absolute Gasteiger partial charge is 0.184 e. The van der Waals surface area contributed by atoms with Crippen LogP contribution in [0.15, 0.2) is 53.9 Å². The molecule has 2 aromatic carbocycles. The van der Waals surface area contributed by atoms with E-state index in [1.165, 1.54) is 0 Å². The lowest BCUT2D eigenvalue weighted by Gasteiger charge is -2.24. The molecule has 3 aromatic rings. The first-order valence-electron chi connectivity index (χ1n) is 7.90. The largest absolute Gasteiger partial charge is 0.494 e. The van der Waals surface area contributed by atoms with Gasteiger partial charge in [-0.25, -0.2) is 4.98 Å². The summed E-state index contributed by atoms with van der Waals surface area (Å²) >= 11 is 1.59. The Morgan fingerprint density at radius 1 is 1.12 bits per heavy atom. The summed E-state index contributed by atoms with van der Waals surface area (Å²) in [5, 5.41) is 2.97. The molecule has 0 N–H and O–H groups in total. The van der Waals surface area contributed by atoms with E-state index in [-0.39, 0.29) is 6.10 Å². The molecule has 122 valence electrons. The minimum atomic E-state index is -0.165. The van der Waals surface area contributed by atoms with Crippen molar-refractivity contribution < 1.29 is 14.2 Å². The molecule has 4 rings (SSSR count). The number of fused-ring (bicyclic) bond motifs is 1. The van der Waals surface area contributed by atoms with Crippen LogP contribution in [0.5, 0.6) is 17.2 Å². The summed E-state index contributed by atoms with van der Waals surface area (Å²) in [6.45, 7) is 3.12. The Labute approximate surface area is 144 Å². The first-order chi connectivity index (χ1) is 11.8. The lowest BCUT2D eigenvalue weighted by Crippen LogP contribution is -2.21. The molecular formula is C19H17NO3S. The first kappa shape index (κ1) is 15.0. The predicted octanol–water partition coefficient (Wildman–Crippen LogP) is 4.72. The monoisotopic (exact) mass is 339 g/mol. The molecule has 0 saturated heterocycles. The van der Waals surface area contributed by atoms with Gasteiger partial charge in [0.25, 0.3) is 0 Å². The fourth-order valence-corrected chi connectivity index (χ4v) is 3.44. The highest BCUT2D eigenvalue weighted by atomic mass is 32.1. The second kappa shape index (κ2) is 6.53. The second-order valence-electron chi connectivity index (χ2n) is 5.39. The molecule has 5 heteroatoms. The van der Waals surface area contributed by atoms with Gasteiger partial charge in [0.2, 0.25) is 0 Å². The van der Waals surface area contributed by atoms with Crippen LogP contribution in [0.3, 0.4) is 0 Å². The molecule has 1 atom stereocenters. The van der Waals surface area contributed by atoms with Gasteiger partial charge in [-0.05, 0) is 43.3 Å². The van der Waals surface area contributed by atoms with Gasteiger partial charge < -0.3 is 14.2 Å². The molecule has 1 aliphatic rings. The average molecular weight is 339 g/mol. The van der Waals surface area contributed by atoms with Gasteiger partial charge in [0.15, 0.2) is 17.6 Å². The van der Waals surface area contributed by atoms with Crippen LogP contribution in [0.25, 0.3) is 11.3 Å². The Morgan fingerprint density at radius 3 is 2.71 bits per heavy atom. The van der Waals surface area contributed by atoms with Crippen LogP contribution in [-0.2, 0) is 0 Å². The van der Waals surface area contributed by atoms with Crippen molar-refractivity contribution in [1.82, 2.24) is 4.98 Å². The Balaban J connectivity index is 1.53. The van der Waals surface area contributed by atoms with E-state index < -0.39 is 0 Å². The summed E-state index contributed by atoms with van der Waals surface area (Å²) in [4.78, 5) is 4.73. The van der Waals surface area contributed by atoms with E-state index in [0.717, 1.165) is 33.5 Å². The summed E-state index contributed by atoms with van der Waals surface area (Å²) < 4.78 is 17.3. The number of benzene rings is 2. The zero-order valence-electron chi connectivity index (χ0n) is 13.3. The van der Waals surface area contributed by atoms with Crippen molar-refractivity contribution in [2.45, 2.75) is 13.0 Å². The quantitative estimate of drug-likeness (QED) is 0.689. The highest BCUT2D eigenvalue weighted by Crippen LogP contribution is 2.37. The molecule has 1 aromatic heterocycles. The summed E-state index contributed by atoms with van der Waals surface area (Å²) in [6, 6.07) is 15.7. The van der Waals surface area contributed by atoms with E-state index in [1.807, 2.05) is 55.5 Å². The standard InChI is InChI=1S/C19H17NO3S/c1-2-21-14-9-7-13(8-10-14)15-12-24-19(20-15)18-11-22-16-5-3-4-6-17(16)23-18/h3-10,12,18H,2,11H2,1H3/t18-/m1/s1. The van der Waals surface area contributed by atoms with E-state index in [4.69, 9.17) is 19.2 Å². The van der Waals surface area contributed by atoms with Gasteiger partial charge in [0.1, 0.15) is 17.4 Å². The zero-order chi connectivity index (χ0) is 16.4. The summed E-state index contributed by atoms with van der Waals surface area (Å²) in [5.41, 5.74) is 2.01. The normalized spacial score (nSPS) is 16.0. The minimum absolute atomic E-state index is 0.165. The maximum absolute atomic E-state index is 6.02. The zero-order valence-corrected chi connectivity index (χ0v) is 14.1. The van der Waals surface area contributed by atoms with Gasteiger partial charge in [-0.15, -0.1) is 11.3 Å². The minimum Gasteiger partial charge on any atom is -0.494 e. The third-order valence-electron chi connectivity index (χ3n) is 3.77. The molecule has 0 unspecified atom stereocenters. The number of nitrogens with zero attached hydrogens (tertiary/aromatic N) is 1. The van der Waals surface area contributed by atoms with Gasteiger partial charge in [0, 0.05) is 10.9 Å². The van der Waals surface area contributed by atoms with E-state index in [1.54, 1.807) is 11.3 Å². The number of ether oxygens (including phenoxy) is 3. The van der Waals surface area contributed by atoms with Crippen LogP contribution in [0.2, 0.25) is 0 Å². The van der Waals surface area contributed by atoms with Crippen LogP contribution in [0.4, 0.5) is 0 Å². The molecule has 2 heterocycles. The molecule has 4 nitrogen and oxygen atoms in total. The average Bonchev–Trinajstić information content (AvgIpc) is 3.12. The van der Waals surface area contributed by atoms with Crippen molar-refractivity contribution >= 4 is 11.3 Å². The van der Waals surface area contributed by atoms with Gasteiger partial charge in [-0.1, -0.05) is 12.1 Å². The molecule has 0 spiro atoms. The molecule has 0 radical (unpaired) electrons. The molecule has 0 aliphatic carbocycles. The molecule has 0 saturated carbocycles. The molecule has 0 amide bonds. The van der Waals surface area contributed by atoms with E-state index in [2.05, 4.69) is 5.38 Å². The maximum atomic E-state index is 6.02. The third kappa shape index (κ3) is 2.95. The number of hydrogen-bond acceptors (Lipinski definition) is 5. The number of aromatic nitrogens is 1. The van der Waals surface area contributed by atoms with Gasteiger partial charge >= 0.3 is 0 Å². The van der Waals surface area contributed by atoms with Gasteiger partial charge in [0.05, 0.1) is 12.3 Å². The van der Waals surface area contributed by atoms with Crippen LogP contribution >= 0.6 is 11.3 Å². The van der Waals surface area contributed by atoms with Crippen LogP contribution in [0, 0.1) is 0 Å². The number of rotatable bonds is 4. The molecule has 1 aliphatic heterocycles. The third-order valence-corrected chi connectivity index (χ3v) is 4.70. The summed E-state index contributed by atoms with van der Waals surface area (Å²) in [5.74, 6) is 2.43. The number of hydrogen-bond donors (Lipinski definition) is 0. The lowest BCUT2D eigenvalue weighted by molar-refractivity contribution is 0.0911. The van der Waals surface area contributed by atoms with Crippen molar-refractivity contribution in [2.75, 3.05) is 13.2 Å². The van der Waals surface area contributed by atoms with Gasteiger partial charge in [-0.2, -0.15) is 0 Å². The molecular weight excluding hydrogens is 322 g/mol. The molecule has 24 heavy (non-hydrogen) atoms. The van der Waals surface area contributed by atoms with Crippen LogP contribution in [-0.4, -0.2) is 18.2 Å². The predicted molar refractivity (Wildman–Crippen MR) is 94.0 cm³/mol. The highest BCUT2D eigenvalue weighted by molar-refractivity contribution is 7.10. The van der Waals surface area contributed by atoms with Crippen LogP contribution in [0.1, 0.15) is 18.0 Å². The van der Waals surface area contributed by atoms with Crippen molar-refractivity contribution in [1.29, 1.82) is 0 Å². The maximum Gasteiger partial charge on any atom is 0.184 e. The fraction of sp³-hybridized carbons (Fsp3) is 0.211. The first-order valence-corrected chi connectivity index (χ1v) is 8.78. The van der Waals surface area contributed by atoms with E-state index >= 15 is 0 Å². The molecule has 0 fully saturated rings. The van der Waals surface area contributed by atoms with E-state index in [0.29, 0.717) is 13.2 Å². The van der Waals surface area contributed by atoms with Crippen molar-refractivity contribution in [3.8, 4) is 28.5 Å². The van der Waals surface area contributed by atoms with Crippen molar-refractivity contribution in [2.24, 2.45) is 0 Å². The SMILES string of the molecule is CCOc1ccc(-c2csc([C@H]3COc4ccccc4O3)n2)cc1. The highest BCUT2D eigenvalue weighted by Gasteiger charge is 2.25. The number of thiazole rings is 1. The number of para-hydroxylation sites is 2. The van der Waals surface area contributed by atoms with Gasteiger partial charge in [-0.3, -0.25) is 0 Å². The van der Waals surface area contributed by atoms with Crippen molar-refractivity contribution in [3.63, 3.8) is 0 Å². The Hall–Kier alpha value is -2.53.